The SMILES string of the molecule is O=C([O-])C1=C(S(=O)(=O)Cl)CCCC1. The molecule has 0 heterocycles. The normalized spacial score (nSPS) is 18.8. The molecule has 74 valence electrons. The van der Waals surface area contributed by atoms with Crippen LogP contribution in [0.25, 0.3) is 0 Å². The van der Waals surface area contributed by atoms with Crippen molar-refractivity contribution in [3.63, 3.8) is 0 Å². The maximum absolute atomic E-state index is 10.9. The summed E-state index contributed by atoms with van der Waals surface area (Å²) in [6.45, 7) is 0. The van der Waals surface area contributed by atoms with Gasteiger partial charge in [-0.25, -0.2) is 8.42 Å². The van der Waals surface area contributed by atoms with Gasteiger partial charge < -0.3 is 9.90 Å². The molecular formula is C7H8ClO4S-. The Hall–Kier alpha value is -0.550. The van der Waals surface area contributed by atoms with Crippen molar-refractivity contribution < 1.29 is 18.3 Å². The summed E-state index contributed by atoms with van der Waals surface area (Å²) in [6.07, 6.45) is 1.75. The van der Waals surface area contributed by atoms with E-state index in [1.165, 1.54) is 0 Å². The fraction of sp³-hybridized carbons (Fsp3) is 0.571. The highest BCUT2D eigenvalue weighted by atomic mass is 35.7. The minimum Gasteiger partial charge on any atom is -0.545 e. The average molecular weight is 224 g/mol. The monoisotopic (exact) mass is 223 g/mol. The Kier molecular flexibility index (Phi) is 2.98. The van der Waals surface area contributed by atoms with Gasteiger partial charge >= 0.3 is 0 Å². The maximum atomic E-state index is 10.9. The largest absolute Gasteiger partial charge is 0.545 e. The summed E-state index contributed by atoms with van der Waals surface area (Å²) >= 11 is 0. The molecule has 13 heavy (non-hydrogen) atoms. The molecule has 0 atom stereocenters. The highest BCUT2D eigenvalue weighted by molar-refractivity contribution is 8.16. The highest BCUT2D eigenvalue weighted by Gasteiger charge is 2.22. The zero-order valence-corrected chi connectivity index (χ0v) is 8.32. The van der Waals surface area contributed by atoms with E-state index in [9.17, 15) is 18.3 Å². The second-order valence-electron chi connectivity index (χ2n) is 2.83. The third-order valence-corrected chi connectivity index (χ3v) is 3.56. The Morgan fingerprint density at radius 3 is 2.23 bits per heavy atom. The van der Waals surface area contributed by atoms with E-state index in [-0.39, 0.29) is 23.3 Å². The van der Waals surface area contributed by atoms with Crippen molar-refractivity contribution in [2.75, 3.05) is 0 Å². The van der Waals surface area contributed by atoms with Gasteiger partial charge in [0.25, 0.3) is 9.05 Å². The Morgan fingerprint density at radius 2 is 1.85 bits per heavy atom. The van der Waals surface area contributed by atoms with Crippen LogP contribution in [0.1, 0.15) is 25.7 Å². The molecule has 0 aromatic rings. The molecule has 0 saturated carbocycles. The summed E-state index contributed by atoms with van der Waals surface area (Å²) in [6, 6.07) is 0. The summed E-state index contributed by atoms with van der Waals surface area (Å²) in [5, 5.41) is 10.5. The number of carbonyl (C=O) groups is 1. The number of rotatable bonds is 2. The van der Waals surface area contributed by atoms with Gasteiger partial charge in [-0.1, -0.05) is 0 Å². The van der Waals surface area contributed by atoms with Crippen LogP contribution in [-0.2, 0) is 13.8 Å². The lowest BCUT2D eigenvalue weighted by Gasteiger charge is -2.18. The van der Waals surface area contributed by atoms with Gasteiger partial charge in [0, 0.05) is 10.7 Å². The lowest BCUT2D eigenvalue weighted by molar-refractivity contribution is -0.299. The quantitative estimate of drug-likeness (QED) is 0.624. The summed E-state index contributed by atoms with van der Waals surface area (Å²) in [5.41, 5.74) is -0.166. The van der Waals surface area contributed by atoms with E-state index in [1.807, 2.05) is 0 Å². The molecule has 0 saturated heterocycles. The second kappa shape index (κ2) is 3.67. The molecule has 0 bridgehead atoms. The fourth-order valence-electron chi connectivity index (χ4n) is 1.36. The Bertz CT molecular complexity index is 355. The number of carboxylic acids is 1. The first-order chi connectivity index (χ1) is 5.93. The summed E-state index contributed by atoms with van der Waals surface area (Å²) in [4.78, 5) is 10.3. The third kappa shape index (κ3) is 2.45. The smallest absolute Gasteiger partial charge is 0.257 e. The number of halogens is 1. The summed E-state index contributed by atoms with van der Waals surface area (Å²) < 4.78 is 21.8. The third-order valence-electron chi connectivity index (χ3n) is 1.96. The van der Waals surface area contributed by atoms with Crippen LogP contribution in [0.15, 0.2) is 10.5 Å². The molecule has 6 heteroatoms. The molecular weight excluding hydrogens is 216 g/mol. The molecule has 0 amide bonds. The van der Waals surface area contributed by atoms with Crippen LogP contribution < -0.4 is 5.11 Å². The van der Waals surface area contributed by atoms with Crippen LogP contribution in [-0.4, -0.2) is 14.4 Å². The van der Waals surface area contributed by atoms with E-state index < -0.39 is 15.0 Å². The summed E-state index contributed by atoms with van der Waals surface area (Å²) in [5.74, 6) is -1.43. The van der Waals surface area contributed by atoms with Crippen LogP contribution >= 0.6 is 10.7 Å². The van der Waals surface area contributed by atoms with Crippen molar-refractivity contribution >= 4 is 25.7 Å². The lowest BCUT2D eigenvalue weighted by atomic mass is 10.00. The van der Waals surface area contributed by atoms with Crippen molar-refractivity contribution in [2.45, 2.75) is 25.7 Å². The van der Waals surface area contributed by atoms with Crippen molar-refractivity contribution in [3.8, 4) is 0 Å². The van der Waals surface area contributed by atoms with E-state index in [0.717, 1.165) is 0 Å². The fourth-order valence-corrected chi connectivity index (χ4v) is 2.74. The molecule has 1 aliphatic rings. The molecule has 0 spiro atoms. The predicted octanol–water partition coefficient (Wildman–Crippen LogP) is 0.133. The predicted molar refractivity (Wildman–Crippen MR) is 45.3 cm³/mol. The van der Waals surface area contributed by atoms with Gasteiger partial charge in [-0.3, -0.25) is 0 Å². The summed E-state index contributed by atoms with van der Waals surface area (Å²) in [7, 11) is 1.18. The van der Waals surface area contributed by atoms with Crippen LogP contribution in [0.2, 0.25) is 0 Å². The first-order valence-electron chi connectivity index (χ1n) is 3.81. The number of aliphatic carboxylic acids is 1. The molecule has 0 unspecified atom stereocenters. The molecule has 0 aromatic carbocycles. The van der Waals surface area contributed by atoms with Gasteiger partial charge in [-0.15, -0.1) is 0 Å². The van der Waals surface area contributed by atoms with Crippen molar-refractivity contribution in [1.29, 1.82) is 0 Å². The van der Waals surface area contributed by atoms with E-state index in [1.54, 1.807) is 0 Å². The Labute approximate surface area is 80.6 Å². The minimum absolute atomic E-state index is 0.166. The Balaban J connectivity index is 3.20. The molecule has 0 N–H and O–H groups in total. The van der Waals surface area contributed by atoms with Crippen molar-refractivity contribution in [3.05, 3.63) is 10.5 Å². The van der Waals surface area contributed by atoms with Crippen LogP contribution in [0.3, 0.4) is 0 Å². The van der Waals surface area contributed by atoms with Crippen molar-refractivity contribution in [1.82, 2.24) is 0 Å². The zero-order valence-electron chi connectivity index (χ0n) is 6.75. The number of carboxylic acid groups (broad SMARTS) is 1. The highest BCUT2D eigenvalue weighted by Crippen LogP contribution is 2.30. The minimum atomic E-state index is -3.89. The lowest BCUT2D eigenvalue weighted by Crippen LogP contribution is -2.27. The number of allylic oxidation sites excluding steroid dienone is 1. The van der Waals surface area contributed by atoms with E-state index in [0.29, 0.717) is 12.8 Å². The molecule has 4 nitrogen and oxygen atoms in total. The van der Waals surface area contributed by atoms with Gasteiger partial charge in [0.2, 0.25) is 0 Å². The zero-order chi connectivity index (χ0) is 10.1. The van der Waals surface area contributed by atoms with Crippen LogP contribution in [0, 0.1) is 0 Å². The molecule has 0 aliphatic heterocycles. The van der Waals surface area contributed by atoms with Gasteiger partial charge in [0.15, 0.2) is 0 Å². The standard InChI is InChI=1S/C7H9ClO4S/c8-13(11,12)6-4-2-1-3-5(6)7(9)10/h1-4H2,(H,9,10)/p-1. The van der Waals surface area contributed by atoms with Crippen LogP contribution in [0.5, 0.6) is 0 Å². The van der Waals surface area contributed by atoms with Gasteiger partial charge in [-0.2, -0.15) is 0 Å². The van der Waals surface area contributed by atoms with E-state index in [2.05, 4.69) is 0 Å². The van der Waals surface area contributed by atoms with Crippen LogP contribution in [0.4, 0.5) is 0 Å². The topological polar surface area (TPSA) is 74.3 Å². The van der Waals surface area contributed by atoms with Crippen molar-refractivity contribution in [2.24, 2.45) is 0 Å². The number of hydrogen-bond donors (Lipinski definition) is 0. The van der Waals surface area contributed by atoms with Gasteiger partial charge in [0.05, 0.1) is 10.9 Å². The average Bonchev–Trinajstić information content (AvgIpc) is 2.03. The number of carbonyl (C=O) groups excluding carboxylic acids is 1. The first-order valence-corrected chi connectivity index (χ1v) is 6.12. The molecule has 0 fully saturated rings. The van der Waals surface area contributed by atoms with Gasteiger partial charge in [-0.05, 0) is 31.3 Å². The molecule has 0 aromatic heterocycles. The first kappa shape index (κ1) is 10.5. The molecule has 0 radical (unpaired) electrons. The van der Waals surface area contributed by atoms with E-state index in [4.69, 9.17) is 10.7 Å². The molecule has 1 aliphatic carbocycles. The molecule has 1 rings (SSSR count). The Morgan fingerprint density at radius 1 is 1.31 bits per heavy atom. The van der Waals surface area contributed by atoms with E-state index >= 15 is 0 Å². The maximum Gasteiger partial charge on any atom is 0.257 e. The second-order valence-corrected chi connectivity index (χ2v) is 5.42. The number of hydrogen-bond acceptors (Lipinski definition) is 4. The van der Waals surface area contributed by atoms with Gasteiger partial charge in [0.1, 0.15) is 0 Å².